The van der Waals surface area contributed by atoms with Gasteiger partial charge in [-0.3, -0.25) is 4.79 Å². The molecule has 142 valence electrons. The van der Waals surface area contributed by atoms with Gasteiger partial charge < -0.3 is 10.1 Å². The number of carbonyl (C=O) groups is 1. The Bertz CT molecular complexity index is 899. The summed E-state index contributed by atoms with van der Waals surface area (Å²) in [6.07, 6.45) is 2.23. The molecule has 2 aromatic rings. The predicted molar refractivity (Wildman–Crippen MR) is 98.3 cm³/mol. The van der Waals surface area contributed by atoms with Crippen molar-refractivity contribution in [2.45, 2.75) is 25.7 Å². The predicted octanol–water partition coefficient (Wildman–Crippen LogP) is 1.78. The molecule has 10 heteroatoms. The summed E-state index contributed by atoms with van der Waals surface area (Å²) in [5.41, 5.74) is 1.67. The Hall–Kier alpha value is -1.68. The van der Waals surface area contributed by atoms with E-state index in [1.807, 2.05) is 6.07 Å². The number of benzene rings is 1. The smallest absolute Gasteiger partial charge is 0.307 e. The molecular weight excluding hydrogens is 380 g/mol. The second kappa shape index (κ2) is 7.91. The zero-order valence-electron chi connectivity index (χ0n) is 14.1. The molecule has 0 spiro atoms. The fraction of sp³-hybridized carbons (Fsp3) is 0.500. The first-order chi connectivity index (χ1) is 12.3. The average Bonchev–Trinajstić information content (AvgIpc) is 3.00. The summed E-state index contributed by atoms with van der Waals surface area (Å²) >= 11 is 5.94. The van der Waals surface area contributed by atoms with Crippen LogP contribution in [0.4, 0.5) is 0 Å². The van der Waals surface area contributed by atoms with Gasteiger partial charge in [-0.15, -0.1) is 0 Å². The second-order valence-electron chi connectivity index (χ2n) is 6.38. The molecule has 0 aliphatic carbocycles. The van der Waals surface area contributed by atoms with Crippen LogP contribution in [0, 0.1) is 5.92 Å². The van der Waals surface area contributed by atoms with Crippen molar-refractivity contribution in [3.63, 3.8) is 0 Å². The maximum absolute atomic E-state index is 12.3. The summed E-state index contributed by atoms with van der Waals surface area (Å²) < 4.78 is 28.4. The van der Waals surface area contributed by atoms with E-state index in [0.29, 0.717) is 37.3 Å². The van der Waals surface area contributed by atoms with E-state index >= 15 is 0 Å². The lowest BCUT2D eigenvalue weighted by atomic mass is 10.0. The van der Waals surface area contributed by atoms with Gasteiger partial charge >= 0.3 is 5.97 Å². The van der Waals surface area contributed by atoms with Crippen LogP contribution in [-0.2, 0) is 21.4 Å². The Morgan fingerprint density at radius 3 is 3.04 bits per heavy atom. The lowest BCUT2D eigenvalue weighted by Gasteiger charge is -2.29. The number of nitrogens with zero attached hydrogens (tertiary/aromatic N) is 2. The first-order valence-electron chi connectivity index (χ1n) is 8.47. The van der Waals surface area contributed by atoms with Crippen molar-refractivity contribution >= 4 is 38.8 Å². The van der Waals surface area contributed by atoms with Crippen molar-refractivity contribution in [3.05, 3.63) is 29.0 Å². The number of aromatic nitrogens is 2. The fourth-order valence-electron chi connectivity index (χ4n) is 3.06. The highest BCUT2D eigenvalue weighted by molar-refractivity contribution is 7.87. The van der Waals surface area contributed by atoms with Crippen LogP contribution in [0.5, 0.6) is 0 Å². The number of hydrogen-bond acceptors (Lipinski definition) is 4. The SMILES string of the molecule is O=C(O)C1CCCN(S(=O)(=O)NCCCc2nc3ccc(Cl)cc3[nH]2)C1. The summed E-state index contributed by atoms with van der Waals surface area (Å²) in [6.45, 7) is 0.632. The van der Waals surface area contributed by atoms with Gasteiger partial charge in [-0.2, -0.15) is 12.7 Å². The standard InChI is InChI=1S/C16H21ClN4O4S/c17-12-5-6-13-14(9-12)20-15(19-13)4-1-7-18-26(24,25)21-8-2-3-11(10-21)16(22)23/h5-6,9,11,18H,1-4,7-8,10H2,(H,19,20)(H,22,23). The van der Waals surface area contributed by atoms with Crippen molar-refractivity contribution in [1.29, 1.82) is 0 Å². The largest absolute Gasteiger partial charge is 0.481 e. The molecule has 1 unspecified atom stereocenters. The highest BCUT2D eigenvalue weighted by Crippen LogP contribution is 2.19. The molecule has 3 N–H and O–H groups in total. The van der Waals surface area contributed by atoms with E-state index in [1.54, 1.807) is 12.1 Å². The molecule has 26 heavy (non-hydrogen) atoms. The number of carboxylic acid groups (broad SMARTS) is 1. The molecule has 1 aromatic carbocycles. The van der Waals surface area contributed by atoms with E-state index in [-0.39, 0.29) is 13.1 Å². The Labute approximate surface area is 156 Å². The minimum absolute atomic E-state index is 0.0228. The zero-order chi connectivity index (χ0) is 18.7. The Morgan fingerprint density at radius 1 is 1.46 bits per heavy atom. The highest BCUT2D eigenvalue weighted by atomic mass is 35.5. The van der Waals surface area contributed by atoms with Gasteiger partial charge in [0, 0.05) is 31.1 Å². The molecule has 8 nitrogen and oxygen atoms in total. The van der Waals surface area contributed by atoms with Crippen molar-refractivity contribution in [3.8, 4) is 0 Å². The summed E-state index contributed by atoms with van der Waals surface area (Å²) in [5.74, 6) is -0.817. The van der Waals surface area contributed by atoms with Crippen LogP contribution >= 0.6 is 11.6 Å². The minimum Gasteiger partial charge on any atom is -0.481 e. The number of nitrogens with one attached hydrogen (secondary N) is 2. The number of rotatable bonds is 7. The van der Waals surface area contributed by atoms with Gasteiger partial charge in [0.2, 0.25) is 0 Å². The molecule has 2 heterocycles. The number of carboxylic acids is 1. The number of aliphatic carboxylic acids is 1. The van der Waals surface area contributed by atoms with Gasteiger partial charge in [0.15, 0.2) is 0 Å². The van der Waals surface area contributed by atoms with Gasteiger partial charge in [-0.1, -0.05) is 11.6 Å². The first-order valence-corrected chi connectivity index (χ1v) is 10.3. The summed E-state index contributed by atoms with van der Waals surface area (Å²) in [6, 6.07) is 5.40. The summed E-state index contributed by atoms with van der Waals surface area (Å²) in [7, 11) is -3.66. The van der Waals surface area contributed by atoms with Gasteiger partial charge in [-0.05, 0) is 37.5 Å². The van der Waals surface area contributed by atoms with Crippen LogP contribution in [0.15, 0.2) is 18.2 Å². The Balaban J connectivity index is 1.51. The molecule has 0 bridgehead atoms. The number of hydrogen-bond donors (Lipinski definition) is 3. The van der Waals surface area contributed by atoms with E-state index in [2.05, 4.69) is 14.7 Å². The number of fused-ring (bicyclic) bond motifs is 1. The van der Waals surface area contributed by atoms with E-state index in [0.717, 1.165) is 16.9 Å². The fourth-order valence-corrected chi connectivity index (χ4v) is 4.57. The van der Waals surface area contributed by atoms with Gasteiger partial charge in [0.05, 0.1) is 17.0 Å². The third-order valence-electron chi connectivity index (χ3n) is 4.44. The van der Waals surface area contributed by atoms with Crippen molar-refractivity contribution in [2.24, 2.45) is 5.92 Å². The Morgan fingerprint density at radius 2 is 2.27 bits per heavy atom. The van der Waals surface area contributed by atoms with Crippen molar-refractivity contribution in [2.75, 3.05) is 19.6 Å². The summed E-state index contributed by atoms with van der Waals surface area (Å²) in [5, 5.41) is 9.70. The third-order valence-corrected chi connectivity index (χ3v) is 6.26. The van der Waals surface area contributed by atoms with Crippen molar-refractivity contribution < 1.29 is 18.3 Å². The molecule has 3 rings (SSSR count). The average molecular weight is 401 g/mol. The van der Waals surface area contributed by atoms with Crippen molar-refractivity contribution in [1.82, 2.24) is 19.0 Å². The molecule has 0 saturated carbocycles. The number of H-pyrrole nitrogens is 1. The van der Waals surface area contributed by atoms with E-state index in [9.17, 15) is 13.2 Å². The maximum Gasteiger partial charge on any atom is 0.307 e. The number of imidazole rings is 1. The monoisotopic (exact) mass is 400 g/mol. The van der Waals surface area contributed by atoms with Crippen LogP contribution in [0.25, 0.3) is 11.0 Å². The lowest BCUT2D eigenvalue weighted by Crippen LogP contribution is -2.47. The van der Waals surface area contributed by atoms with Crippen LogP contribution in [0.2, 0.25) is 5.02 Å². The normalized spacial score (nSPS) is 19.0. The first kappa shape index (κ1) is 19.1. The topological polar surface area (TPSA) is 115 Å². The molecule has 0 radical (unpaired) electrons. The zero-order valence-corrected chi connectivity index (χ0v) is 15.7. The van der Waals surface area contributed by atoms with E-state index in [4.69, 9.17) is 16.7 Å². The van der Waals surface area contributed by atoms with Gasteiger partial charge in [0.1, 0.15) is 5.82 Å². The quantitative estimate of drug-likeness (QED) is 0.613. The van der Waals surface area contributed by atoms with Crippen LogP contribution < -0.4 is 4.72 Å². The Kier molecular flexibility index (Phi) is 5.81. The van der Waals surface area contributed by atoms with Crippen LogP contribution in [0.3, 0.4) is 0 Å². The number of aryl methyl sites for hydroxylation is 1. The van der Waals surface area contributed by atoms with Gasteiger partial charge in [0.25, 0.3) is 10.2 Å². The number of halogens is 1. The lowest BCUT2D eigenvalue weighted by molar-refractivity contribution is -0.142. The molecular formula is C16H21ClN4O4S. The summed E-state index contributed by atoms with van der Waals surface area (Å²) in [4.78, 5) is 18.7. The van der Waals surface area contributed by atoms with Gasteiger partial charge in [-0.25, -0.2) is 9.71 Å². The molecule has 0 amide bonds. The maximum atomic E-state index is 12.3. The second-order valence-corrected chi connectivity index (χ2v) is 8.57. The molecule has 1 aliphatic rings. The van der Waals surface area contributed by atoms with E-state index in [1.165, 1.54) is 4.31 Å². The molecule has 1 atom stereocenters. The molecule has 1 aromatic heterocycles. The number of piperidine rings is 1. The van der Waals surface area contributed by atoms with Crippen LogP contribution in [-0.4, -0.2) is 53.4 Å². The number of aromatic amines is 1. The molecule has 1 fully saturated rings. The molecule has 1 saturated heterocycles. The van der Waals surface area contributed by atoms with E-state index < -0.39 is 22.1 Å². The third kappa shape index (κ3) is 4.53. The molecule has 1 aliphatic heterocycles. The minimum atomic E-state index is -3.66. The highest BCUT2D eigenvalue weighted by Gasteiger charge is 2.31. The van der Waals surface area contributed by atoms with Crippen LogP contribution in [0.1, 0.15) is 25.1 Å².